The van der Waals surface area contributed by atoms with E-state index in [9.17, 15) is 4.79 Å². The van der Waals surface area contributed by atoms with Gasteiger partial charge in [0.25, 0.3) is 0 Å². The van der Waals surface area contributed by atoms with Crippen molar-refractivity contribution in [1.82, 2.24) is 30.2 Å². The molecule has 2 heterocycles. The van der Waals surface area contributed by atoms with Crippen LogP contribution in [0, 0.1) is 0 Å². The summed E-state index contributed by atoms with van der Waals surface area (Å²) in [5, 5.41) is 18.2. The van der Waals surface area contributed by atoms with Crippen LogP contribution in [0.2, 0.25) is 0 Å². The van der Waals surface area contributed by atoms with Crippen LogP contribution in [0.3, 0.4) is 0 Å². The summed E-state index contributed by atoms with van der Waals surface area (Å²) < 4.78 is 1.41. The van der Waals surface area contributed by atoms with Crippen molar-refractivity contribution in [3.8, 4) is 0 Å². The molecule has 0 saturated carbocycles. The molecular weight excluding hydrogens is 272 g/mol. The maximum absolute atomic E-state index is 11.9. The van der Waals surface area contributed by atoms with Crippen molar-refractivity contribution < 1.29 is 4.79 Å². The molecule has 0 aliphatic heterocycles. The van der Waals surface area contributed by atoms with Crippen LogP contribution in [0.25, 0.3) is 0 Å². The van der Waals surface area contributed by atoms with Gasteiger partial charge in [-0.05, 0) is 12.8 Å². The third-order valence-corrected chi connectivity index (χ3v) is 2.86. The molecule has 0 unspecified atom stereocenters. The zero-order chi connectivity index (χ0) is 15.2. The molecule has 0 aliphatic carbocycles. The standard InChI is InChI=1S/C12H18N8O/c1-3-9-10(4-2)17-18-12(14-9)15-11(21)7-20-6-8(5-13)16-19-20/h6H,3-5,7,13H2,1-2H3,(H,14,15,18,21). The minimum atomic E-state index is -0.295. The third kappa shape index (κ3) is 3.78. The van der Waals surface area contributed by atoms with Crippen molar-refractivity contribution in [2.75, 3.05) is 5.32 Å². The first kappa shape index (κ1) is 15.0. The van der Waals surface area contributed by atoms with E-state index in [0.29, 0.717) is 5.69 Å². The van der Waals surface area contributed by atoms with Gasteiger partial charge in [0.1, 0.15) is 6.54 Å². The number of aryl methyl sites for hydroxylation is 2. The first-order chi connectivity index (χ1) is 10.2. The number of hydrogen-bond acceptors (Lipinski definition) is 7. The Labute approximate surface area is 122 Å². The summed E-state index contributed by atoms with van der Waals surface area (Å²) in [6, 6.07) is 0. The van der Waals surface area contributed by atoms with Crippen LogP contribution in [-0.4, -0.2) is 36.1 Å². The number of nitrogens with zero attached hydrogens (tertiary/aromatic N) is 6. The Kier molecular flexibility index (Phi) is 4.88. The highest BCUT2D eigenvalue weighted by Gasteiger charge is 2.10. The van der Waals surface area contributed by atoms with E-state index >= 15 is 0 Å². The van der Waals surface area contributed by atoms with E-state index in [1.165, 1.54) is 4.68 Å². The Morgan fingerprint density at radius 2 is 2.00 bits per heavy atom. The number of aromatic nitrogens is 6. The average molecular weight is 290 g/mol. The highest BCUT2D eigenvalue weighted by molar-refractivity contribution is 5.88. The van der Waals surface area contributed by atoms with Crippen LogP contribution < -0.4 is 11.1 Å². The second-order valence-corrected chi connectivity index (χ2v) is 4.40. The van der Waals surface area contributed by atoms with Gasteiger partial charge >= 0.3 is 0 Å². The quantitative estimate of drug-likeness (QED) is 0.747. The lowest BCUT2D eigenvalue weighted by Gasteiger charge is -2.06. The monoisotopic (exact) mass is 290 g/mol. The topological polar surface area (TPSA) is 124 Å². The predicted molar refractivity (Wildman–Crippen MR) is 75.1 cm³/mol. The maximum Gasteiger partial charge on any atom is 0.249 e. The highest BCUT2D eigenvalue weighted by Crippen LogP contribution is 2.06. The van der Waals surface area contributed by atoms with Gasteiger partial charge in [0.2, 0.25) is 11.9 Å². The number of nitrogens with one attached hydrogen (secondary N) is 1. The SMILES string of the molecule is CCc1nnc(NC(=O)Cn2cc(CN)nn2)nc1CC. The van der Waals surface area contributed by atoms with Crippen molar-refractivity contribution in [3.63, 3.8) is 0 Å². The minimum Gasteiger partial charge on any atom is -0.325 e. The van der Waals surface area contributed by atoms with Crippen molar-refractivity contribution in [1.29, 1.82) is 0 Å². The van der Waals surface area contributed by atoms with Gasteiger partial charge in [-0.2, -0.15) is 0 Å². The molecule has 0 aliphatic rings. The Bertz CT molecular complexity index is 623. The molecule has 3 N–H and O–H groups in total. The lowest BCUT2D eigenvalue weighted by Crippen LogP contribution is -2.21. The zero-order valence-electron chi connectivity index (χ0n) is 12.1. The van der Waals surface area contributed by atoms with E-state index in [0.717, 1.165) is 24.2 Å². The lowest BCUT2D eigenvalue weighted by molar-refractivity contribution is -0.117. The number of nitrogens with two attached hydrogens (primary N) is 1. The molecular formula is C12H18N8O. The molecule has 0 bridgehead atoms. The van der Waals surface area contributed by atoms with Crippen LogP contribution in [0.5, 0.6) is 0 Å². The van der Waals surface area contributed by atoms with Gasteiger partial charge in [-0.1, -0.05) is 19.1 Å². The summed E-state index contributed by atoms with van der Waals surface area (Å²) in [7, 11) is 0. The number of rotatable bonds is 6. The normalized spacial score (nSPS) is 10.6. The number of amides is 1. The molecule has 0 radical (unpaired) electrons. The van der Waals surface area contributed by atoms with E-state index in [4.69, 9.17) is 5.73 Å². The van der Waals surface area contributed by atoms with Crippen molar-refractivity contribution in [2.45, 2.75) is 39.8 Å². The Morgan fingerprint density at radius 1 is 1.24 bits per heavy atom. The molecule has 0 fully saturated rings. The summed E-state index contributed by atoms with van der Waals surface area (Å²) in [6.07, 6.45) is 3.12. The van der Waals surface area contributed by atoms with Crippen molar-refractivity contribution in [3.05, 3.63) is 23.3 Å². The van der Waals surface area contributed by atoms with Gasteiger partial charge in [0.15, 0.2) is 0 Å². The van der Waals surface area contributed by atoms with Crippen molar-refractivity contribution in [2.24, 2.45) is 5.73 Å². The molecule has 2 rings (SSSR count). The average Bonchev–Trinajstić information content (AvgIpc) is 2.94. The first-order valence-electron chi connectivity index (χ1n) is 6.77. The van der Waals surface area contributed by atoms with Gasteiger partial charge in [0.05, 0.1) is 23.3 Å². The van der Waals surface area contributed by atoms with E-state index in [2.05, 4.69) is 30.8 Å². The first-order valence-corrected chi connectivity index (χ1v) is 6.77. The lowest BCUT2D eigenvalue weighted by atomic mass is 10.2. The van der Waals surface area contributed by atoms with Crippen LogP contribution in [-0.2, 0) is 30.7 Å². The maximum atomic E-state index is 11.9. The van der Waals surface area contributed by atoms with E-state index in [1.807, 2.05) is 13.8 Å². The van der Waals surface area contributed by atoms with Gasteiger partial charge < -0.3 is 5.73 Å². The van der Waals surface area contributed by atoms with Crippen LogP contribution >= 0.6 is 0 Å². The Morgan fingerprint density at radius 3 is 2.62 bits per heavy atom. The molecule has 0 saturated heterocycles. The van der Waals surface area contributed by atoms with Gasteiger partial charge in [0, 0.05) is 6.54 Å². The fourth-order valence-electron chi connectivity index (χ4n) is 1.81. The van der Waals surface area contributed by atoms with Gasteiger partial charge in [-0.15, -0.1) is 15.3 Å². The molecule has 0 atom stereocenters. The Hall–Kier alpha value is -2.42. The second kappa shape index (κ2) is 6.84. The molecule has 112 valence electrons. The summed E-state index contributed by atoms with van der Waals surface area (Å²) in [5.74, 6) is -0.0928. The molecule has 9 heteroatoms. The van der Waals surface area contributed by atoms with E-state index in [-0.39, 0.29) is 24.9 Å². The van der Waals surface area contributed by atoms with Crippen LogP contribution in [0.15, 0.2) is 6.20 Å². The summed E-state index contributed by atoms with van der Waals surface area (Å²) >= 11 is 0. The third-order valence-electron chi connectivity index (χ3n) is 2.86. The molecule has 1 amide bonds. The number of anilines is 1. The minimum absolute atomic E-state index is 0.0212. The smallest absolute Gasteiger partial charge is 0.249 e. The Balaban J connectivity index is 2.02. The molecule has 2 aromatic heterocycles. The number of carbonyl (C=O) groups is 1. The molecule has 9 nitrogen and oxygen atoms in total. The second-order valence-electron chi connectivity index (χ2n) is 4.40. The molecule has 21 heavy (non-hydrogen) atoms. The fraction of sp³-hybridized carbons (Fsp3) is 0.500. The molecule has 0 spiro atoms. The van der Waals surface area contributed by atoms with Gasteiger partial charge in [-0.3, -0.25) is 10.1 Å². The summed E-state index contributed by atoms with van der Waals surface area (Å²) in [6.45, 7) is 4.28. The zero-order valence-corrected chi connectivity index (χ0v) is 12.1. The summed E-state index contributed by atoms with van der Waals surface area (Å²) in [5.41, 5.74) is 7.75. The fourth-order valence-corrected chi connectivity index (χ4v) is 1.81. The van der Waals surface area contributed by atoms with Crippen LogP contribution in [0.4, 0.5) is 5.95 Å². The highest BCUT2D eigenvalue weighted by atomic mass is 16.2. The van der Waals surface area contributed by atoms with Crippen LogP contribution in [0.1, 0.15) is 30.9 Å². The number of hydrogen-bond donors (Lipinski definition) is 2. The summed E-state index contributed by atoms with van der Waals surface area (Å²) in [4.78, 5) is 16.2. The number of carbonyl (C=O) groups excluding carboxylic acids is 1. The van der Waals surface area contributed by atoms with E-state index < -0.39 is 0 Å². The van der Waals surface area contributed by atoms with Crippen molar-refractivity contribution >= 4 is 11.9 Å². The largest absolute Gasteiger partial charge is 0.325 e. The molecule has 2 aromatic rings. The molecule has 0 aromatic carbocycles. The van der Waals surface area contributed by atoms with Gasteiger partial charge in [-0.25, -0.2) is 9.67 Å². The predicted octanol–water partition coefficient (Wildman–Crippen LogP) is -0.315. The van der Waals surface area contributed by atoms with E-state index in [1.54, 1.807) is 6.20 Å².